The van der Waals surface area contributed by atoms with Crippen molar-refractivity contribution in [3.63, 3.8) is 0 Å². The Morgan fingerprint density at radius 1 is 0.583 bits per heavy atom. The molecule has 2 unspecified atom stereocenters. The molecule has 3 nitrogen and oxygen atoms in total. The summed E-state index contributed by atoms with van der Waals surface area (Å²) in [4.78, 5) is 12.5. The molecule has 0 aliphatic heterocycles. The highest BCUT2D eigenvalue weighted by Gasteiger charge is 2.19. The molecular formula is C45H58O3. The molecular weight excluding hydrogens is 588 g/mol. The Kier molecular flexibility index (Phi) is 15.3. The number of hydrogen-bond donors (Lipinski definition) is 0. The molecule has 4 aromatic rings. The summed E-state index contributed by atoms with van der Waals surface area (Å²) < 4.78 is 11.5. The van der Waals surface area contributed by atoms with E-state index in [2.05, 4.69) is 99.6 Å². The molecule has 0 aliphatic carbocycles. The largest absolute Gasteiger partial charge is 0.479 e. The summed E-state index contributed by atoms with van der Waals surface area (Å²) in [6, 6.07) is 32.7. The quantitative estimate of drug-likeness (QED) is 0.0708. The monoisotopic (exact) mass is 646 g/mol. The van der Waals surface area contributed by atoms with E-state index in [-0.39, 0.29) is 12.1 Å². The van der Waals surface area contributed by atoms with Crippen molar-refractivity contribution in [3.8, 4) is 39.1 Å². The zero-order valence-electron chi connectivity index (χ0n) is 30.2. The van der Waals surface area contributed by atoms with Gasteiger partial charge < -0.3 is 9.47 Å². The van der Waals surface area contributed by atoms with Crippen LogP contribution in [0.15, 0.2) is 91.0 Å². The van der Waals surface area contributed by atoms with Crippen LogP contribution in [0.1, 0.15) is 116 Å². The number of hydrogen-bond acceptors (Lipinski definition) is 3. The van der Waals surface area contributed by atoms with Crippen LogP contribution in [0.5, 0.6) is 5.75 Å². The van der Waals surface area contributed by atoms with Gasteiger partial charge in [-0.2, -0.15) is 0 Å². The van der Waals surface area contributed by atoms with Crippen LogP contribution in [0.2, 0.25) is 0 Å². The van der Waals surface area contributed by atoms with Gasteiger partial charge in [-0.25, -0.2) is 4.79 Å². The number of unbranched alkanes of at least 4 members (excludes halogenated alkanes) is 9. The van der Waals surface area contributed by atoms with Crippen molar-refractivity contribution >= 4 is 5.97 Å². The van der Waals surface area contributed by atoms with Crippen molar-refractivity contribution in [1.82, 2.24) is 0 Å². The topological polar surface area (TPSA) is 35.5 Å². The second-order valence-corrected chi connectivity index (χ2v) is 13.6. The third-order valence-corrected chi connectivity index (χ3v) is 9.39. The Bertz CT molecular complexity index is 1500. The smallest absolute Gasteiger partial charge is 0.347 e. The van der Waals surface area contributed by atoms with Gasteiger partial charge in [0.1, 0.15) is 5.75 Å². The molecule has 0 saturated heterocycles. The van der Waals surface area contributed by atoms with Crippen molar-refractivity contribution < 1.29 is 14.3 Å². The highest BCUT2D eigenvalue weighted by Crippen LogP contribution is 2.31. The minimum absolute atomic E-state index is 0.0900. The molecule has 48 heavy (non-hydrogen) atoms. The lowest BCUT2D eigenvalue weighted by Crippen LogP contribution is -2.29. The van der Waals surface area contributed by atoms with Crippen LogP contribution < -0.4 is 4.74 Å². The predicted octanol–water partition coefficient (Wildman–Crippen LogP) is 13.0. The van der Waals surface area contributed by atoms with Gasteiger partial charge in [-0.1, -0.05) is 150 Å². The van der Waals surface area contributed by atoms with Gasteiger partial charge in [-0.15, -0.1) is 0 Å². The number of carbonyl (C=O) groups is 1. The van der Waals surface area contributed by atoms with Crippen LogP contribution in [0, 0.1) is 6.92 Å². The van der Waals surface area contributed by atoms with Crippen LogP contribution >= 0.6 is 0 Å². The van der Waals surface area contributed by atoms with Gasteiger partial charge in [0.2, 0.25) is 0 Å². The van der Waals surface area contributed by atoms with Crippen LogP contribution in [0.3, 0.4) is 0 Å². The van der Waals surface area contributed by atoms with E-state index in [0.717, 1.165) is 31.2 Å². The van der Waals surface area contributed by atoms with Gasteiger partial charge >= 0.3 is 5.97 Å². The van der Waals surface area contributed by atoms with Crippen molar-refractivity contribution in [2.24, 2.45) is 0 Å². The van der Waals surface area contributed by atoms with Crippen molar-refractivity contribution in [3.05, 3.63) is 102 Å². The number of rotatable bonds is 20. The number of aryl methyl sites for hydroxylation is 2. The molecule has 256 valence electrons. The van der Waals surface area contributed by atoms with Crippen molar-refractivity contribution in [1.29, 1.82) is 0 Å². The average molecular weight is 647 g/mol. The maximum Gasteiger partial charge on any atom is 0.347 e. The van der Waals surface area contributed by atoms with E-state index in [1.165, 1.54) is 96.7 Å². The van der Waals surface area contributed by atoms with E-state index in [0.29, 0.717) is 5.75 Å². The third-order valence-electron chi connectivity index (χ3n) is 9.39. The molecule has 0 fully saturated rings. The zero-order chi connectivity index (χ0) is 34.1. The van der Waals surface area contributed by atoms with E-state index in [9.17, 15) is 4.79 Å². The summed E-state index contributed by atoms with van der Waals surface area (Å²) in [5.41, 5.74) is 9.89. The fourth-order valence-electron chi connectivity index (χ4n) is 6.35. The maximum atomic E-state index is 12.5. The van der Waals surface area contributed by atoms with E-state index in [1.54, 1.807) is 6.92 Å². The Labute approximate surface area is 291 Å². The van der Waals surface area contributed by atoms with E-state index in [1.807, 2.05) is 19.1 Å². The number of carbonyl (C=O) groups excluding carboxylic acids is 1. The average Bonchev–Trinajstić information content (AvgIpc) is 3.10. The van der Waals surface area contributed by atoms with Crippen LogP contribution in [0.25, 0.3) is 33.4 Å². The predicted molar refractivity (Wildman–Crippen MR) is 204 cm³/mol. The second kappa shape index (κ2) is 19.8. The first-order valence-electron chi connectivity index (χ1n) is 18.7. The Morgan fingerprint density at radius 2 is 1.08 bits per heavy atom. The Hall–Kier alpha value is -3.85. The SMILES string of the molecule is CCCCCCCCCCc1ccc(-c2ccc(-c3ccc(-c4ccc(OC(C)C(=O)OC(C)CCCCC)cc4)c(C)c3)cc2)cc1. The molecule has 3 heteroatoms. The summed E-state index contributed by atoms with van der Waals surface area (Å²) >= 11 is 0. The molecule has 2 atom stereocenters. The van der Waals surface area contributed by atoms with Gasteiger partial charge in [0.05, 0.1) is 6.10 Å². The fraction of sp³-hybridized carbons (Fsp3) is 0.444. The van der Waals surface area contributed by atoms with Gasteiger partial charge in [-0.3, -0.25) is 0 Å². The van der Waals surface area contributed by atoms with Crippen LogP contribution in [0.4, 0.5) is 0 Å². The third kappa shape index (κ3) is 11.7. The first kappa shape index (κ1) is 37.0. The van der Waals surface area contributed by atoms with E-state index >= 15 is 0 Å². The van der Waals surface area contributed by atoms with Crippen molar-refractivity contribution in [2.75, 3.05) is 0 Å². The summed E-state index contributed by atoms with van der Waals surface area (Å²) in [5, 5.41) is 0. The van der Waals surface area contributed by atoms with Crippen molar-refractivity contribution in [2.45, 2.75) is 130 Å². The molecule has 0 heterocycles. The fourth-order valence-corrected chi connectivity index (χ4v) is 6.35. The molecule has 0 N–H and O–H groups in total. The van der Waals surface area contributed by atoms with Crippen LogP contribution in [-0.4, -0.2) is 18.2 Å². The zero-order valence-corrected chi connectivity index (χ0v) is 30.2. The highest BCUT2D eigenvalue weighted by atomic mass is 16.6. The Morgan fingerprint density at radius 3 is 1.69 bits per heavy atom. The Balaban J connectivity index is 1.28. The molecule has 0 amide bonds. The minimum atomic E-state index is -0.652. The highest BCUT2D eigenvalue weighted by molar-refractivity contribution is 5.76. The lowest BCUT2D eigenvalue weighted by molar-refractivity contribution is -0.156. The molecule has 0 saturated carbocycles. The normalized spacial score (nSPS) is 12.4. The van der Waals surface area contributed by atoms with Gasteiger partial charge in [0.25, 0.3) is 0 Å². The molecule has 0 aliphatic rings. The summed E-state index contributed by atoms with van der Waals surface area (Å²) in [6.45, 7) is 10.3. The summed E-state index contributed by atoms with van der Waals surface area (Å²) in [5.74, 6) is 0.346. The maximum absolute atomic E-state index is 12.5. The van der Waals surface area contributed by atoms with E-state index < -0.39 is 6.10 Å². The second-order valence-electron chi connectivity index (χ2n) is 13.6. The van der Waals surface area contributed by atoms with Crippen LogP contribution in [-0.2, 0) is 16.0 Å². The number of benzene rings is 4. The van der Waals surface area contributed by atoms with Gasteiger partial charge in [0, 0.05) is 0 Å². The molecule has 0 spiro atoms. The van der Waals surface area contributed by atoms with Gasteiger partial charge in [-0.05, 0) is 103 Å². The van der Waals surface area contributed by atoms with Gasteiger partial charge in [0.15, 0.2) is 6.10 Å². The first-order chi connectivity index (χ1) is 23.4. The molecule has 0 aromatic heterocycles. The lowest BCUT2D eigenvalue weighted by atomic mass is 9.94. The lowest BCUT2D eigenvalue weighted by Gasteiger charge is -2.18. The standard InChI is InChI=1S/C45H58O3/c1-6-8-10-11-12-13-14-16-18-37-19-21-38(22-20-37)39-23-25-40(26-24-39)42-29-32-44(34(3)33-42)41-27-30-43(31-28-41)48-36(5)45(46)47-35(4)17-15-9-7-2/h19-33,35-36H,6-18H2,1-5H3. The molecule has 4 rings (SSSR count). The first-order valence-corrected chi connectivity index (χ1v) is 18.7. The molecule has 0 bridgehead atoms. The minimum Gasteiger partial charge on any atom is -0.479 e. The number of esters is 1. The number of ether oxygens (including phenoxy) is 2. The molecule has 4 aromatic carbocycles. The summed E-state index contributed by atoms with van der Waals surface area (Å²) in [7, 11) is 0. The van der Waals surface area contributed by atoms with E-state index in [4.69, 9.17) is 9.47 Å². The summed E-state index contributed by atoms with van der Waals surface area (Å²) in [6.07, 6.45) is 15.6. The molecule has 0 radical (unpaired) electrons.